The SMILES string of the molecule is C/C(=C\C=C/C(=O)O)C[C@H](C)O[Si](C)(C)C(C)(C)C. The summed E-state index contributed by atoms with van der Waals surface area (Å²) >= 11 is 0. The van der Waals surface area contributed by atoms with E-state index in [4.69, 9.17) is 9.53 Å². The van der Waals surface area contributed by atoms with Gasteiger partial charge in [0.2, 0.25) is 0 Å². The number of hydrogen-bond donors (Lipinski definition) is 1. The van der Waals surface area contributed by atoms with Crippen molar-refractivity contribution < 1.29 is 14.3 Å². The Bertz CT molecular complexity index is 362. The molecule has 0 heterocycles. The van der Waals surface area contributed by atoms with Gasteiger partial charge in [-0.15, -0.1) is 0 Å². The summed E-state index contributed by atoms with van der Waals surface area (Å²) in [5, 5.41) is 8.73. The maximum atomic E-state index is 10.4. The average Bonchev–Trinajstić information content (AvgIpc) is 2.13. The van der Waals surface area contributed by atoms with Crippen LogP contribution in [0.4, 0.5) is 0 Å². The van der Waals surface area contributed by atoms with Gasteiger partial charge in [-0.25, -0.2) is 4.79 Å². The number of carboxylic acid groups (broad SMARTS) is 1. The van der Waals surface area contributed by atoms with Crippen molar-refractivity contribution >= 4 is 14.3 Å². The Kier molecular flexibility index (Phi) is 6.73. The number of aliphatic carboxylic acids is 1. The van der Waals surface area contributed by atoms with Crippen molar-refractivity contribution in [1.82, 2.24) is 0 Å². The van der Waals surface area contributed by atoms with Crippen LogP contribution < -0.4 is 0 Å². The molecule has 0 radical (unpaired) electrons. The van der Waals surface area contributed by atoms with E-state index < -0.39 is 14.3 Å². The van der Waals surface area contributed by atoms with E-state index in [1.54, 1.807) is 6.08 Å². The first-order valence-electron chi connectivity index (χ1n) is 6.70. The summed E-state index contributed by atoms with van der Waals surface area (Å²) in [4.78, 5) is 10.4. The molecule has 0 spiro atoms. The van der Waals surface area contributed by atoms with Gasteiger partial charge in [-0.2, -0.15) is 0 Å². The number of carbonyl (C=O) groups is 1. The fraction of sp³-hybridized carbons (Fsp3) is 0.667. The van der Waals surface area contributed by atoms with Crippen molar-refractivity contribution in [3.63, 3.8) is 0 Å². The van der Waals surface area contributed by atoms with Crippen molar-refractivity contribution in [3.8, 4) is 0 Å². The largest absolute Gasteiger partial charge is 0.478 e. The second-order valence-electron chi connectivity index (χ2n) is 6.60. The summed E-state index contributed by atoms with van der Waals surface area (Å²) in [6.45, 7) is 15.2. The molecule has 0 rings (SSSR count). The highest BCUT2D eigenvalue weighted by Crippen LogP contribution is 2.37. The zero-order valence-corrected chi connectivity index (χ0v) is 14.3. The molecule has 3 nitrogen and oxygen atoms in total. The van der Waals surface area contributed by atoms with Gasteiger partial charge in [-0.1, -0.05) is 38.5 Å². The zero-order valence-electron chi connectivity index (χ0n) is 13.3. The Morgan fingerprint density at radius 1 is 1.37 bits per heavy atom. The summed E-state index contributed by atoms with van der Waals surface area (Å²) in [6, 6.07) is 0. The number of hydrogen-bond acceptors (Lipinski definition) is 2. The van der Waals surface area contributed by atoms with Gasteiger partial charge >= 0.3 is 5.97 Å². The lowest BCUT2D eigenvalue weighted by Gasteiger charge is -2.38. The van der Waals surface area contributed by atoms with Gasteiger partial charge in [-0.05, 0) is 38.4 Å². The van der Waals surface area contributed by atoms with E-state index in [1.807, 2.05) is 13.0 Å². The fourth-order valence-electron chi connectivity index (χ4n) is 1.54. The molecule has 0 fully saturated rings. The van der Waals surface area contributed by atoms with Crippen molar-refractivity contribution in [3.05, 3.63) is 23.8 Å². The van der Waals surface area contributed by atoms with Crippen LogP contribution in [0.25, 0.3) is 0 Å². The van der Waals surface area contributed by atoms with Crippen LogP contribution in [0.2, 0.25) is 18.1 Å². The van der Waals surface area contributed by atoms with E-state index in [1.165, 1.54) is 0 Å². The molecular weight excluding hydrogens is 256 g/mol. The van der Waals surface area contributed by atoms with Crippen LogP contribution >= 0.6 is 0 Å². The van der Waals surface area contributed by atoms with Gasteiger partial charge in [-0.3, -0.25) is 0 Å². The van der Waals surface area contributed by atoms with E-state index >= 15 is 0 Å². The van der Waals surface area contributed by atoms with Crippen molar-refractivity contribution in [2.75, 3.05) is 0 Å². The molecule has 0 unspecified atom stereocenters. The molecule has 0 aliphatic carbocycles. The molecule has 0 amide bonds. The van der Waals surface area contributed by atoms with Gasteiger partial charge < -0.3 is 9.53 Å². The first-order valence-corrected chi connectivity index (χ1v) is 9.61. The molecule has 110 valence electrons. The van der Waals surface area contributed by atoms with Crippen molar-refractivity contribution in [1.29, 1.82) is 0 Å². The highest BCUT2D eigenvalue weighted by Gasteiger charge is 2.38. The Labute approximate surface area is 118 Å². The first kappa shape index (κ1) is 18.1. The Morgan fingerprint density at radius 3 is 2.32 bits per heavy atom. The van der Waals surface area contributed by atoms with Crippen molar-refractivity contribution in [2.45, 2.75) is 65.3 Å². The van der Waals surface area contributed by atoms with Crippen LogP contribution in [0.15, 0.2) is 23.8 Å². The van der Waals surface area contributed by atoms with E-state index in [0.29, 0.717) is 0 Å². The smallest absolute Gasteiger partial charge is 0.328 e. The maximum absolute atomic E-state index is 10.4. The molecule has 0 aromatic rings. The molecular formula is C15H28O3Si. The molecule has 0 aliphatic rings. The lowest BCUT2D eigenvalue weighted by Crippen LogP contribution is -2.43. The van der Waals surface area contributed by atoms with Crippen LogP contribution in [0.5, 0.6) is 0 Å². The minimum atomic E-state index is -1.72. The normalized spacial score (nSPS) is 15.8. The summed E-state index contributed by atoms with van der Waals surface area (Å²) in [6.07, 6.45) is 5.53. The van der Waals surface area contributed by atoms with Crippen LogP contribution in [-0.2, 0) is 9.22 Å². The van der Waals surface area contributed by atoms with Crippen LogP contribution in [0.1, 0.15) is 41.0 Å². The fourth-order valence-corrected chi connectivity index (χ4v) is 2.98. The summed E-state index contributed by atoms with van der Waals surface area (Å²) < 4.78 is 6.26. The topological polar surface area (TPSA) is 46.5 Å². The third-order valence-corrected chi connectivity index (χ3v) is 8.13. The van der Waals surface area contributed by atoms with Crippen LogP contribution in [0.3, 0.4) is 0 Å². The zero-order chi connectivity index (χ0) is 15.3. The second kappa shape index (κ2) is 7.06. The third-order valence-electron chi connectivity index (χ3n) is 3.53. The van der Waals surface area contributed by atoms with E-state index in [0.717, 1.165) is 18.1 Å². The molecule has 4 heteroatoms. The molecule has 0 saturated carbocycles. The minimum Gasteiger partial charge on any atom is -0.478 e. The van der Waals surface area contributed by atoms with Gasteiger partial charge in [0.25, 0.3) is 0 Å². The lowest BCUT2D eigenvalue weighted by molar-refractivity contribution is -0.131. The standard InChI is InChI=1S/C15H28O3Si/c1-12(9-8-10-14(16)17)11-13(2)18-19(6,7)15(3,4)5/h8-10,13H,11H2,1-7H3,(H,16,17)/b10-8-,12-9+/t13-/m0/s1. The summed E-state index contributed by atoms with van der Waals surface area (Å²) in [7, 11) is -1.72. The number of rotatable bonds is 6. The Balaban J connectivity index is 4.47. The molecule has 0 saturated heterocycles. The summed E-state index contributed by atoms with van der Waals surface area (Å²) in [5.74, 6) is -0.922. The van der Waals surface area contributed by atoms with Crippen molar-refractivity contribution in [2.24, 2.45) is 0 Å². The first-order chi connectivity index (χ1) is 8.45. The van der Waals surface area contributed by atoms with Gasteiger partial charge in [0, 0.05) is 12.2 Å². The van der Waals surface area contributed by atoms with Gasteiger partial charge in [0.15, 0.2) is 8.32 Å². The molecule has 0 bridgehead atoms. The highest BCUT2D eigenvalue weighted by molar-refractivity contribution is 6.74. The molecule has 1 atom stereocenters. The predicted octanol–water partition coefficient (Wildman–Crippen LogP) is 4.37. The number of allylic oxidation sites excluding steroid dienone is 2. The van der Waals surface area contributed by atoms with Crippen LogP contribution in [0, 0.1) is 0 Å². The van der Waals surface area contributed by atoms with Crippen LogP contribution in [-0.4, -0.2) is 25.5 Å². The third kappa shape index (κ3) is 7.33. The summed E-state index contributed by atoms with van der Waals surface area (Å²) in [5.41, 5.74) is 1.13. The monoisotopic (exact) mass is 284 g/mol. The van der Waals surface area contributed by atoms with E-state index in [-0.39, 0.29) is 11.1 Å². The maximum Gasteiger partial charge on any atom is 0.328 e. The molecule has 1 N–H and O–H groups in total. The van der Waals surface area contributed by atoms with Gasteiger partial charge in [0.1, 0.15) is 0 Å². The Hall–Kier alpha value is -0.873. The Morgan fingerprint density at radius 2 is 1.89 bits per heavy atom. The molecule has 0 aliphatic heterocycles. The minimum absolute atomic E-state index is 0.162. The quantitative estimate of drug-likeness (QED) is 0.447. The molecule has 0 aromatic carbocycles. The number of carboxylic acids is 1. The van der Waals surface area contributed by atoms with Gasteiger partial charge in [0.05, 0.1) is 0 Å². The highest BCUT2D eigenvalue weighted by atomic mass is 28.4. The lowest BCUT2D eigenvalue weighted by atomic mass is 10.1. The van der Waals surface area contributed by atoms with E-state index in [9.17, 15) is 4.79 Å². The molecule has 0 aromatic heterocycles. The molecule has 19 heavy (non-hydrogen) atoms. The average molecular weight is 284 g/mol. The van der Waals surface area contributed by atoms with E-state index in [2.05, 4.69) is 40.8 Å². The second-order valence-corrected chi connectivity index (χ2v) is 11.4. The predicted molar refractivity (Wildman–Crippen MR) is 82.9 cm³/mol.